The number of nitrogens with two attached hydrogens (primary N) is 1. The summed E-state index contributed by atoms with van der Waals surface area (Å²) in [5.41, 5.74) is 10.5. The highest BCUT2D eigenvalue weighted by Crippen LogP contribution is 2.46. The number of carbonyl (C=O) groups is 1. The Morgan fingerprint density at radius 2 is 2.00 bits per heavy atom. The third kappa shape index (κ3) is 5.18. The topological polar surface area (TPSA) is 142 Å². The zero-order chi connectivity index (χ0) is 28.8. The van der Waals surface area contributed by atoms with Gasteiger partial charge in [0.2, 0.25) is 5.91 Å². The molecule has 11 heteroatoms. The number of anilines is 1. The summed E-state index contributed by atoms with van der Waals surface area (Å²) in [6, 6.07) is 8.14. The molecule has 3 aromatic heterocycles. The molecule has 10 nitrogen and oxygen atoms in total. The number of pyridine rings is 1. The van der Waals surface area contributed by atoms with E-state index in [-0.39, 0.29) is 17.4 Å². The third-order valence-corrected chi connectivity index (χ3v) is 8.89. The summed E-state index contributed by atoms with van der Waals surface area (Å²) in [7, 11) is 1.73. The fourth-order valence-electron chi connectivity index (χ4n) is 5.16. The van der Waals surface area contributed by atoms with E-state index < -0.39 is 18.6 Å². The molecule has 0 saturated heterocycles. The molecular weight excluding hydrogens is 574 g/mol. The van der Waals surface area contributed by atoms with Crippen LogP contribution in [0, 0.1) is 17.8 Å². The summed E-state index contributed by atoms with van der Waals surface area (Å²) in [6.45, 7) is 6.10. The molecule has 212 valence electrons. The molecule has 4 aromatic rings. The second-order valence-corrected chi connectivity index (χ2v) is 12.3. The summed E-state index contributed by atoms with van der Waals surface area (Å²) in [5.74, 6) is 0.203. The molecule has 1 amide bonds. The van der Waals surface area contributed by atoms with Gasteiger partial charge < -0.3 is 26.2 Å². The number of hydrogen-bond donors (Lipinski definition) is 4. The van der Waals surface area contributed by atoms with Gasteiger partial charge in [0, 0.05) is 54.3 Å². The molecule has 1 atom stereocenters. The minimum atomic E-state index is -1.18. The summed E-state index contributed by atoms with van der Waals surface area (Å²) in [4.78, 5) is 24.1. The van der Waals surface area contributed by atoms with Crippen molar-refractivity contribution >= 4 is 44.2 Å². The highest BCUT2D eigenvalue weighted by atomic mass is 79.9. The molecule has 5 rings (SSSR count). The molecule has 1 unspecified atom stereocenters. The van der Waals surface area contributed by atoms with Crippen LogP contribution in [0.1, 0.15) is 44.0 Å². The maximum absolute atomic E-state index is 12.9. The number of fused-ring (bicyclic) bond motifs is 2. The summed E-state index contributed by atoms with van der Waals surface area (Å²) >= 11 is 3.64. The maximum atomic E-state index is 12.9. The smallest absolute Gasteiger partial charge is 0.232 e. The number of aryl methyl sites for hydroxylation is 1. The number of benzene rings is 1. The van der Waals surface area contributed by atoms with Crippen LogP contribution in [0.15, 0.2) is 41.1 Å². The number of carbonyl (C=O) groups excluding carboxylic acids is 1. The van der Waals surface area contributed by atoms with Crippen LogP contribution < -0.4 is 11.1 Å². The number of halogens is 1. The Morgan fingerprint density at radius 3 is 2.67 bits per heavy atom. The predicted octanol–water partition coefficient (Wildman–Crippen LogP) is 3.48. The van der Waals surface area contributed by atoms with Gasteiger partial charge in [0.1, 0.15) is 5.82 Å². The molecule has 0 bridgehead atoms. The van der Waals surface area contributed by atoms with Crippen LogP contribution in [0.25, 0.3) is 27.7 Å². The van der Waals surface area contributed by atoms with Crippen molar-refractivity contribution in [2.24, 2.45) is 10.8 Å². The van der Waals surface area contributed by atoms with Gasteiger partial charge in [-0.25, -0.2) is 4.98 Å². The van der Waals surface area contributed by atoms with Gasteiger partial charge in [0.25, 0.3) is 0 Å². The van der Waals surface area contributed by atoms with E-state index in [9.17, 15) is 15.0 Å². The molecule has 40 heavy (non-hydrogen) atoms. The van der Waals surface area contributed by atoms with Crippen molar-refractivity contribution in [3.05, 3.63) is 52.4 Å². The zero-order valence-electron chi connectivity index (χ0n) is 23.3. The number of nitrogens with zero attached hydrogens (tertiary/aromatic N) is 5. The monoisotopic (exact) mass is 609 g/mol. The molecule has 0 radical (unpaired) electrons. The molecule has 5 N–H and O–H groups in total. The first kappa shape index (κ1) is 28.4. The van der Waals surface area contributed by atoms with Crippen LogP contribution in [0.4, 0.5) is 5.82 Å². The number of aliphatic hydroxyl groups is 2. The van der Waals surface area contributed by atoms with Gasteiger partial charge in [-0.1, -0.05) is 11.6 Å². The highest BCUT2D eigenvalue weighted by Gasteiger charge is 2.46. The van der Waals surface area contributed by atoms with Crippen molar-refractivity contribution in [3.8, 4) is 11.1 Å². The van der Waals surface area contributed by atoms with Crippen molar-refractivity contribution < 1.29 is 15.0 Å². The zero-order valence-corrected chi connectivity index (χ0v) is 24.9. The number of hydrogen-bond acceptors (Lipinski definition) is 8. The average molecular weight is 611 g/mol. The summed E-state index contributed by atoms with van der Waals surface area (Å²) in [5, 5.41) is 28.4. The average Bonchev–Trinajstić information content (AvgIpc) is 3.58. The number of aliphatic hydroxyl groups excluding tert-OH is 2. The van der Waals surface area contributed by atoms with E-state index in [4.69, 9.17) is 10.7 Å². The van der Waals surface area contributed by atoms with Gasteiger partial charge >= 0.3 is 0 Å². The largest absolute Gasteiger partial charge is 0.395 e. The Balaban J connectivity index is 1.37. The molecule has 1 aromatic carbocycles. The van der Waals surface area contributed by atoms with E-state index in [0.29, 0.717) is 29.0 Å². The molecule has 0 spiro atoms. The van der Waals surface area contributed by atoms with Crippen LogP contribution in [0.5, 0.6) is 0 Å². The Labute approximate surface area is 241 Å². The van der Waals surface area contributed by atoms with Crippen molar-refractivity contribution in [1.82, 2.24) is 29.8 Å². The summed E-state index contributed by atoms with van der Waals surface area (Å²) < 4.78 is 2.32. The van der Waals surface area contributed by atoms with Crippen molar-refractivity contribution in [3.63, 3.8) is 0 Å². The lowest BCUT2D eigenvalue weighted by atomic mass is 9.90. The van der Waals surface area contributed by atoms with Crippen LogP contribution in [-0.2, 0) is 4.79 Å². The van der Waals surface area contributed by atoms with Gasteiger partial charge in [0.05, 0.1) is 40.5 Å². The number of amides is 1. The van der Waals surface area contributed by atoms with E-state index >= 15 is 0 Å². The van der Waals surface area contributed by atoms with E-state index in [1.54, 1.807) is 29.6 Å². The lowest BCUT2D eigenvalue weighted by molar-refractivity contribution is -0.145. The Hall–Kier alpha value is -3.12. The molecular formula is C29H36BrN7O3. The second kappa shape index (κ2) is 10.7. The van der Waals surface area contributed by atoms with Crippen LogP contribution in [0.2, 0.25) is 0 Å². The Bertz CT molecular complexity index is 1580. The normalized spacial score (nSPS) is 15.5. The molecule has 1 fully saturated rings. The van der Waals surface area contributed by atoms with Gasteiger partial charge in [-0.05, 0) is 67.7 Å². The Morgan fingerprint density at radius 1 is 1.27 bits per heavy atom. The highest BCUT2D eigenvalue weighted by molar-refractivity contribution is 9.10. The fraction of sp³-hybridized carbons (Fsp3) is 0.448. The molecule has 1 aliphatic rings. The number of nitrogen functional groups attached to an aromatic ring is 1. The van der Waals surface area contributed by atoms with E-state index in [1.165, 1.54) is 5.56 Å². The van der Waals surface area contributed by atoms with Crippen LogP contribution in [0.3, 0.4) is 0 Å². The van der Waals surface area contributed by atoms with E-state index in [0.717, 1.165) is 40.6 Å². The first-order chi connectivity index (χ1) is 19.0. The van der Waals surface area contributed by atoms with Crippen LogP contribution >= 0.6 is 15.9 Å². The lowest BCUT2D eigenvalue weighted by Crippen LogP contribution is -2.47. The lowest BCUT2D eigenvalue weighted by Gasteiger charge is -2.32. The van der Waals surface area contributed by atoms with Crippen molar-refractivity contribution in [2.75, 3.05) is 39.1 Å². The van der Waals surface area contributed by atoms with Gasteiger partial charge in [-0.3, -0.25) is 9.78 Å². The van der Waals surface area contributed by atoms with Crippen molar-refractivity contribution in [2.45, 2.75) is 39.7 Å². The minimum absolute atomic E-state index is 0.0662. The molecule has 1 aliphatic carbocycles. The molecule has 3 heterocycles. The maximum Gasteiger partial charge on any atom is 0.232 e. The van der Waals surface area contributed by atoms with E-state index in [2.05, 4.69) is 50.4 Å². The quantitative estimate of drug-likeness (QED) is 0.214. The first-order valence-corrected chi connectivity index (χ1v) is 14.2. The summed E-state index contributed by atoms with van der Waals surface area (Å²) in [6.07, 6.45) is 5.57. The van der Waals surface area contributed by atoms with Gasteiger partial charge in [-0.2, -0.15) is 9.61 Å². The number of nitrogens with one attached hydrogen (secondary N) is 1. The molecule has 1 saturated carbocycles. The standard InChI is InChI=1S/C29H36BrN7O3/c1-17-5-6-22-19(9-17)10-20(11-32-22)21-12-34-37-25(31)23(30)24(35-26(21)37)18(2)33-13-29(7-8-29)14-36(4)27(40)28(3,15-38)16-39/h5-6,9-12,18,33,38-39H,7-8,13-16,31H2,1-4H3. The second-order valence-electron chi connectivity index (χ2n) is 11.6. The van der Waals surface area contributed by atoms with Gasteiger partial charge in [0.15, 0.2) is 5.65 Å². The van der Waals surface area contributed by atoms with Crippen LogP contribution in [-0.4, -0.2) is 74.0 Å². The van der Waals surface area contributed by atoms with Gasteiger partial charge in [-0.15, -0.1) is 0 Å². The first-order valence-electron chi connectivity index (χ1n) is 13.4. The number of rotatable bonds is 10. The number of aromatic nitrogens is 4. The van der Waals surface area contributed by atoms with E-state index in [1.807, 2.05) is 25.3 Å². The Kier molecular flexibility index (Phi) is 7.60. The predicted molar refractivity (Wildman–Crippen MR) is 159 cm³/mol. The molecule has 0 aliphatic heterocycles. The minimum Gasteiger partial charge on any atom is -0.395 e. The SMILES string of the molecule is Cc1ccc2ncc(-c3cnn4c(N)c(Br)c(C(C)NCC5(CN(C)C(=O)C(C)(CO)CO)CC5)nc34)cc2c1. The van der Waals surface area contributed by atoms with Crippen molar-refractivity contribution in [1.29, 1.82) is 0 Å². The fourth-order valence-corrected chi connectivity index (χ4v) is 5.76. The third-order valence-electron chi connectivity index (χ3n) is 8.08.